The summed E-state index contributed by atoms with van der Waals surface area (Å²) in [6.07, 6.45) is 3.32. The zero-order chi connectivity index (χ0) is 7.56. The van der Waals surface area contributed by atoms with Gasteiger partial charge in [-0.2, -0.15) is 5.10 Å². The molecule has 0 aliphatic rings. The Labute approximate surface area is 58.9 Å². The highest BCUT2D eigenvalue weighted by atomic mass is 16.5. The van der Waals surface area contributed by atoms with Crippen molar-refractivity contribution in [3.8, 4) is 0 Å². The normalized spacial score (nSPS) is 9.40. The number of hydrogen-bond donors (Lipinski definition) is 1. The molecule has 0 fully saturated rings. The van der Waals surface area contributed by atoms with Crippen LogP contribution in [0.25, 0.3) is 0 Å². The largest absolute Gasteiger partial charge is 0.481 e. The van der Waals surface area contributed by atoms with Crippen molar-refractivity contribution in [1.29, 1.82) is 5.41 Å². The van der Waals surface area contributed by atoms with Crippen molar-refractivity contribution in [3.05, 3.63) is 18.0 Å². The summed E-state index contributed by atoms with van der Waals surface area (Å²) in [7, 11) is 3.27. The van der Waals surface area contributed by atoms with Gasteiger partial charge in [-0.05, 0) is 0 Å². The Morgan fingerprint density at radius 2 is 2.50 bits per heavy atom. The van der Waals surface area contributed by atoms with Crippen LogP contribution in [0.5, 0.6) is 0 Å². The molecule has 1 N–H and O–H groups in total. The molecule has 1 heterocycles. The molecular formula is C6H9N3O. The molecule has 1 aromatic heterocycles. The number of hydrogen-bond acceptors (Lipinski definition) is 3. The first kappa shape index (κ1) is 6.80. The SMILES string of the molecule is COC(=N)c1cnn(C)c1. The molecule has 10 heavy (non-hydrogen) atoms. The standard InChI is InChI=1S/C6H9N3O/c1-9-4-5(3-8-9)6(7)10-2/h3-4,7H,1-2H3. The molecular weight excluding hydrogens is 130 g/mol. The number of nitrogens with zero attached hydrogens (tertiary/aromatic N) is 2. The lowest BCUT2D eigenvalue weighted by Crippen LogP contribution is -1.98. The van der Waals surface area contributed by atoms with Crippen LogP contribution in [0.3, 0.4) is 0 Å². The van der Waals surface area contributed by atoms with Gasteiger partial charge in [-0.25, -0.2) is 0 Å². The van der Waals surface area contributed by atoms with Crippen LogP contribution in [-0.2, 0) is 11.8 Å². The van der Waals surface area contributed by atoms with Gasteiger partial charge < -0.3 is 4.74 Å². The molecule has 0 saturated carbocycles. The minimum atomic E-state index is 0.146. The number of nitrogens with one attached hydrogen (secondary N) is 1. The summed E-state index contributed by atoms with van der Waals surface area (Å²) in [6.45, 7) is 0. The van der Waals surface area contributed by atoms with Crippen LogP contribution in [0.4, 0.5) is 0 Å². The van der Waals surface area contributed by atoms with Crippen molar-refractivity contribution in [2.24, 2.45) is 7.05 Å². The minimum Gasteiger partial charge on any atom is -0.481 e. The number of aryl methyl sites for hydroxylation is 1. The second-order valence-electron chi connectivity index (χ2n) is 1.94. The molecule has 0 amide bonds. The van der Waals surface area contributed by atoms with E-state index in [1.807, 2.05) is 0 Å². The molecule has 0 spiro atoms. The summed E-state index contributed by atoms with van der Waals surface area (Å²) in [6, 6.07) is 0. The molecule has 1 aromatic rings. The smallest absolute Gasteiger partial charge is 0.216 e. The molecule has 54 valence electrons. The van der Waals surface area contributed by atoms with Crippen LogP contribution >= 0.6 is 0 Å². The van der Waals surface area contributed by atoms with Crippen molar-refractivity contribution >= 4 is 5.90 Å². The molecule has 0 atom stereocenters. The lowest BCUT2D eigenvalue weighted by Gasteiger charge is -1.94. The van der Waals surface area contributed by atoms with Crippen molar-refractivity contribution < 1.29 is 4.74 Å². The lowest BCUT2D eigenvalue weighted by molar-refractivity contribution is 0.401. The summed E-state index contributed by atoms with van der Waals surface area (Å²) in [4.78, 5) is 0. The van der Waals surface area contributed by atoms with Gasteiger partial charge in [-0.15, -0.1) is 0 Å². The van der Waals surface area contributed by atoms with E-state index in [-0.39, 0.29) is 5.90 Å². The maximum Gasteiger partial charge on any atom is 0.216 e. The van der Waals surface area contributed by atoms with E-state index in [9.17, 15) is 0 Å². The predicted octanol–water partition coefficient (Wildman–Crippen LogP) is 0.392. The van der Waals surface area contributed by atoms with Crippen LogP contribution in [0, 0.1) is 5.41 Å². The molecule has 0 saturated heterocycles. The fourth-order valence-corrected chi connectivity index (χ4v) is 0.656. The van der Waals surface area contributed by atoms with Crippen LogP contribution in [0.1, 0.15) is 5.56 Å². The number of ether oxygens (including phenoxy) is 1. The molecule has 4 heteroatoms. The van der Waals surface area contributed by atoms with E-state index in [1.54, 1.807) is 24.1 Å². The molecule has 1 rings (SSSR count). The maximum atomic E-state index is 7.22. The summed E-state index contributed by atoms with van der Waals surface area (Å²) in [5, 5.41) is 11.1. The lowest BCUT2D eigenvalue weighted by atomic mass is 10.4. The van der Waals surface area contributed by atoms with Gasteiger partial charge in [0.25, 0.3) is 0 Å². The second kappa shape index (κ2) is 2.51. The van der Waals surface area contributed by atoms with Gasteiger partial charge in [-0.3, -0.25) is 10.1 Å². The zero-order valence-corrected chi connectivity index (χ0v) is 5.96. The molecule has 0 radical (unpaired) electrons. The van der Waals surface area contributed by atoms with Crippen LogP contribution in [0.15, 0.2) is 12.4 Å². The average Bonchev–Trinajstić information content (AvgIpc) is 2.34. The molecule has 0 aromatic carbocycles. The summed E-state index contributed by atoms with van der Waals surface area (Å²) >= 11 is 0. The van der Waals surface area contributed by atoms with E-state index in [0.29, 0.717) is 5.56 Å². The second-order valence-corrected chi connectivity index (χ2v) is 1.94. The van der Waals surface area contributed by atoms with E-state index in [4.69, 9.17) is 5.41 Å². The first-order valence-electron chi connectivity index (χ1n) is 2.85. The Bertz CT molecular complexity index is 241. The Morgan fingerprint density at radius 1 is 1.80 bits per heavy atom. The van der Waals surface area contributed by atoms with E-state index < -0.39 is 0 Å². The highest BCUT2D eigenvalue weighted by Crippen LogP contribution is 1.96. The maximum absolute atomic E-state index is 7.22. The Morgan fingerprint density at radius 3 is 2.90 bits per heavy atom. The Kier molecular flexibility index (Phi) is 1.71. The van der Waals surface area contributed by atoms with E-state index in [1.165, 1.54) is 7.11 Å². The molecule has 0 bridgehead atoms. The van der Waals surface area contributed by atoms with Crippen molar-refractivity contribution in [1.82, 2.24) is 9.78 Å². The monoisotopic (exact) mass is 139 g/mol. The number of rotatable bonds is 1. The van der Waals surface area contributed by atoms with E-state index in [2.05, 4.69) is 9.84 Å². The predicted molar refractivity (Wildman–Crippen MR) is 37.0 cm³/mol. The molecule has 0 unspecified atom stereocenters. The highest BCUT2D eigenvalue weighted by molar-refractivity contribution is 5.90. The third-order valence-electron chi connectivity index (χ3n) is 1.17. The first-order chi connectivity index (χ1) is 4.74. The molecule has 0 aliphatic carbocycles. The Balaban J connectivity index is 2.85. The van der Waals surface area contributed by atoms with Gasteiger partial charge >= 0.3 is 0 Å². The van der Waals surface area contributed by atoms with Gasteiger partial charge in [0, 0.05) is 13.2 Å². The van der Waals surface area contributed by atoms with E-state index >= 15 is 0 Å². The van der Waals surface area contributed by atoms with Gasteiger partial charge in [-0.1, -0.05) is 0 Å². The highest BCUT2D eigenvalue weighted by Gasteiger charge is 2.00. The third-order valence-corrected chi connectivity index (χ3v) is 1.17. The quantitative estimate of drug-likeness (QED) is 0.452. The summed E-state index contributed by atoms with van der Waals surface area (Å²) in [5.74, 6) is 0.146. The summed E-state index contributed by atoms with van der Waals surface area (Å²) in [5.41, 5.74) is 0.699. The number of methoxy groups -OCH3 is 1. The van der Waals surface area contributed by atoms with Gasteiger partial charge in [0.05, 0.1) is 18.9 Å². The topological polar surface area (TPSA) is 50.9 Å². The van der Waals surface area contributed by atoms with Crippen molar-refractivity contribution in [2.45, 2.75) is 0 Å². The average molecular weight is 139 g/mol. The third kappa shape index (κ3) is 1.15. The first-order valence-corrected chi connectivity index (χ1v) is 2.85. The van der Waals surface area contributed by atoms with Gasteiger partial charge in [0.2, 0.25) is 5.90 Å². The van der Waals surface area contributed by atoms with Crippen LogP contribution < -0.4 is 0 Å². The van der Waals surface area contributed by atoms with Gasteiger partial charge in [0.1, 0.15) is 0 Å². The number of aromatic nitrogens is 2. The fraction of sp³-hybridized carbons (Fsp3) is 0.333. The Hall–Kier alpha value is -1.32. The van der Waals surface area contributed by atoms with Crippen LogP contribution in [0.2, 0.25) is 0 Å². The van der Waals surface area contributed by atoms with Crippen molar-refractivity contribution in [2.75, 3.05) is 7.11 Å². The van der Waals surface area contributed by atoms with Gasteiger partial charge in [0.15, 0.2) is 0 Å². The molecule has 0 aliphatic heterocycles. The molecule has 4 nitrogen and oxygen atoms in total. The van der Waals surface area contributed by atoms with Crippen molar-refractivity contribution in [3.63, 3.8) is 0 Å². The zero-order valence-electron chi connectivity index (χ0n) is 5.96. The summed E-state index contributed by atoms with van der Waals surface area (Å²) < 4.78 is 6.31. The van der Waals surface area contributed by atoms with Crippen LogP contribution in [-0.4, -0.2) is 22.8 Å². The fourth-order valence-electron chi connectivity index (χ4n) is 0.656. The van der Waals surface area contributed by atoms with E-state index in [0.717, 1.165) is 0 Å². The minimum absolute atomic E-state index is 0.146.